The van der Waals surface area contributed by atoms with E-state index in [1.165, 1.54) is 0 Å². The molecule has 0 heterocycles. The monoisotopic (exact) mass is 257 g/mol. The second-order valence-corrected chi connectivity index (χ2v) is 5.70. The minimum absolute atomic E-state index is 0.0355. The van der Waals surface area contributed by atoms with Crippen LogP contribution in [0.3, 0.4) is 0 Å². The third-order valence-corrected chi connectivity index (χ3v) is 2.96. The third kappa shape index (κ3) is 4.91. The number of nitrogens with two attached hydrogens (primary N) is 1. The van der Waals surface area contributed by atoms with E-state index in [1.54, 1.807) is 0 Å². The van der Waals surface area contributed by atoms with E-state index in [1.807, 2.05) is 20.8 Å². The second kappa shape index (κ2) is 6.04. The number of hydrogen-bond donors (Lipinski definition) is 3. The van der Waals surface area contributed by atoms with Gasteiger partial charge in [-0.15, -0.1) is 0 Å². The van der Waals surface area contributed by atoms with Crippen molar-refractivity contribution in [2.75, 3.05) is 0 Å². The van der Waals surface area contributed by atoms with Crippen LogP contribution in [0.15, 0.2) is 0 Å². The fraction of sp³-hybridized carbons (Fsp3) is 0.833. The molecule has 0 aromatic heterocycles. The summed E-state index contributed by atoms with van der Waals surface area (Å²) in [5, 5.41) is 2.83. The maximum atomic E-state index is 11.6. The molecular weight excluding hydrogens is 234 g/mol. The molecule has 6 heteroatoms. The Morgan fingerprint density at radius 2 is 1.72 bits per heavy atom. The first-order valence-corrected chi connectivity index (χ1v) is 6.32. The normalized spacial score (nSPS) is 24.2. The molecule has 1 saturated carbocycles. The number of alkyl carbamates (subject to hydrolysis) is 1. The minimum Gasteiger partial charge on any atom is -0.444 e. The average molecular weight is 257 g/mol. The predicted octanol–water partition coefficient (Wildman–Crippen LogP) is 1.06. The van der Waals surface area contributed by atoms with Gasteiger partial charge in [0.1, 0.15) is 5.60 Å². The van der Waals surface area contributed by atoms with Gasteiger partial charge in [0.15, 0.2) is 0 Å². The van der Waals surface area contributed by atoms with Crippen LogP contribution in [0.4, 0.5) is 4.79 Å². The Hall–Kier alpha value is -1.30. The number of amides is 2. The van der Waals surface area contributed by atoms with Crippen molar-refractivity contribution in [1.82, 2.24) is 10.7 Å². The Bertz CT molecular complexity index is 304. The van der Waals surface area contributed by atoms with Crippen LogP contribution < -0.4 is 16.6 Å². The second-order valence-electron chi connectivity index (χ2n) is 5.70. The van der Waals surface area contributed by atoms with Crippen molar-refractivity contribution in [2.45, 2.75) is 58.1 Å². The summed E-state index contributed by atoms with van der Waals surface area (Å²) < 4.78 is 5.19. The van der Waals surface area contributed by atoms with E-state index in [9.17, 15) is 9.59 Å². The molecule has 0 unspecified atom stereocenters. The van der Waals surface area contributed by atoms with Crippen LogP contribution in [-0.4, -0.2) is 23.6 Å². The fourth-order valence-electron chi connectivity index (χ4n) is 2.09. The number of hydrogen-bond acceptors (Lipinski definition) is 4. The lowest BCUT2D eigenvalue weighted by atomic mass is 9.85. The number of nitrogens with one attached hydrogen (secondary N) is 2. The molecule has 6 nitrogen and oxygen atoms in total. The molecule has 0 saturated heterocycles. The van der Waals surface area contributed by atoms with Crippen molar-refractivity contribution in [3.05, 3.63) is 0 Å². The summed E-state index contributed by atoms with van der Waals surface area (Å²) in [5.41, 5.74) is 1.68. The Morgan fingerprint density at radius 1 is 1.17 bits per heavy atom. The lowest BCUT2D eigenvalue weighted by Gasteiger charge is -2.29. The largest absolute Gasteiger partial charge is 0.444 e. The van der Waals surface area contributed by atoms with Crippen LogP contribution in [0.25, 0.3) is 0 Å². The third-order valence-electron chi connectivity index (χ3n) is 2.96. The number of rotatable bonds is 2. The summed E-state index contributed by atoms with van der Waals surface area (Å²) in [7, 11) is 0. The summed E-state index contributed by atoms with van der Waals surface area (Å²) in [6.07, 6.45) is 2.64. The van der Waals surface area contributed by atoms with E-state index < -0.39 is 11.7 Å². The number of hydrazine groups is 1. The number of carbonyl (C=O) groups is 2. The van der Waals surface area contributed by atoms with Gasteiger partial charge in [-0.3, -0.25) is 10.2 Å². The van der Waals surface area contributed by atoms with Crippen LogP contribution in [0.2, 0.25) is 0 Å². The van der Waals surface area contributed by atoms with Gasteiger partial charge in [-0.1, -0.05) is 0 Å². The fourth-order valence-corrected chi connectivity index (χ4v) is 2.09. The van der Waals surface area contributed by atoms with Gasteiger partial charge in [0, 0.05) is 12.0 Å². The molecule has 2 amide bonds. The molecule has 1 fully saturated rings. The molecule has 0 aliphatic heterocycles. The highest BCUT2D eigenvalue weighted by Crippen LogP contribution is 2.24. The molecule has 18 heavy (non-hydrogen) atoms. The van der Waals surface area contributed by atoms with Gasteiger partial charge in [0.25, 0.3) is 0 Å². The highest BCUT2D eigenvalue weighted by Gasteiger charge is 2.27. The van der Waals surface area contributed by atoms with E-state index in [-0.39, 0.29) is 17.9 Å². The molecule has 4 N–H and O–H groups in total. The van der Waals surface area contributed by atoms with E-state index in [0.29, 0.717) is 0 Å². The maximum absolute atomic E-state index is 11.6. The van der Waals surface area contributed by atoms with Crippen LogP contribution in [-0.2, 0) is 9.53 Å². The molecule has 0 aromatic rings. The number of carbonyl (C=O) groups excluding carboxylic acids is 2. The Kier molecular flexibility index (Phi) is 4.95. The van der Waals surface area contributed by atoms with Crippen molar-refractivity contribution in [3.63, 3.8) is 0 Å². The Balaban J connectivity index is 2.31. The quantitative estimate of drug-likeness (QED) is 0.392. The van der Waals surface area contributed by atoms with Crippen LogP contribution in [0.5, 0.6) is 0 Å². The van der Waals surface area contributed by atoms with Crippen molar-refractivity contribution in [2.24, 2.45) is 11.8 Å². The molecule has 104 valence electrons. The van der Waals surface area contributed by atoms with Gasteiger partial charge in [-0.2, -0.15) is 0 Å². The van der Waals surface area contributed by atoms with E-state index in [2.05, 4.69) is 10.7 Å². The Morgan fingerprint density at radius 3 is 2.17 bits per heavy atom. The molecular formula is C12H23N3O3. The summed E-state index contributed by atoms with van der Waals surface area (Å²) in [6, 6.07) is 0.0849. The van der Waals surface area contributed by atoms with Crippen LogP contribution >= 0.6 is 0 Å². The zero-order valence-electron chi connectivity index (χ0n) is 11.3. The van der Waals surface area contributed by atoms with Gasteiger partial charge < -0.3 is 10.1 Å². The first kappa shape index (κ1) is 14.8. The van der Waals surface area contributed by atoms with Crippen LogP contribution in [0.1, 0.15) is 46.5 Å². The standard InChI is InChI=1S/C12H23N3O3/c1-12(2,3)18-11(17)14-9-6-4-8(5-7-9)10(16)15-13/h8-9H,4-7,13H2,1-3H3,(H,14,17)(H,15,16)/t8-,9+. The molecule has 0 radical (unpaired) electrons. The minimum atomic E-state index is -0.485. The average Bonchev–Trinajstić information content (AvgIpc) is 2.26. The highest BCUT2D eigenvalue weighted by atomic mass is 16.6. The van der Waals surface area contributed by atoms with Gasteiger partial charge >= 0.3 is 6.09 Å². The van der Waals surface area contributed by atoms with Crippen molar-refractivity contribution < 1.29 is 14.3 Å². The predicted molar refractivity (Wildman–Crippen MR) is 67.4 cm³/mol. The lowest BCUT2D eigenvalue weighted by molar-refractivity contribution is -0.126. The summed E-state index contributed by atoms with van der Waals surface area (Å²) in [6.45, 7) is 5.49. The molecule has 1 rings (SSSR count). The lowest BCUT2D eigenvalue weighted by Crippen LogP contribution is -2.43. The smallest absolute Gasteiger partial charge is 0.407 e. The highest BCUT2D eigenvalue weighted by molar-refractivity contribution is 5.78. The molecule has 0 spiro atoms. The first-order valence-electron chi connectivity index (χ1n) is 6.32. The van der Waals surface area contributed by atoms with E-state index in [4.69, 9.17) is 10.6 Å². The summed E-state index contributed by atoms with van der Waals surface area (Å²) in [4.78, 5) is 22.9. The summed E-state index contributed by atoms with van der Waals surface area (Å²) >= 11 is 0. The van der Waals surface area contributed by atoms with E-state index >= 15 is 0 Å². The SMILES string of the molecule is CC(C)(C)OC(=O)N[C@H]1CC[C@@H](C(=O)NN)CC1. The molecule has 1 aliphatic carbocycles. The molecule has 1 aliphatic rings. The summed E-state index contributed by atoms with van der Waals surface area (Å²) in [5.74, 6) is 4.94. The van der Waals surface area contributed by atoms with Gasteiger partial charge in [0.05, 0.1) is 0 Å². The number of ether oxygens (including phenoxy) is 1. The van der Waals surface area contributed by atoms with Crippen LogP contribution in [0, 0.1) is 5.92 Å². The van der Waals surface area contributed by atoms with Gasteiger partial charge in [0.2, 0.25) is 5.91 Å². The Labute approximate surface area is 108 Å². The zero-order chi connectivity index (χ0) is 13.8. The van der Waals surface area contributed by atoms with Gasteiger partial charge in [-0.05, 0) is 46.5 Å². The zero-order valence-corrected chi connectivity index (χ0v) is 11.3. The van der Waals surface area contributed by atoms with Gasteiger partial charge in [-0.25, -0.2) is 10.6 Å². The topological polar surface area (TPSA) is 93.4 Å². The molecule has 0 bridgehead atoms. The van der Waals surface area contributed by atoms with Crippen molar-refractivity contribution >= 4 is 12.0 Å². The van der Waals surface area contributed by atoms with E-state index in [0.717, 1.165) is 25.7 Å². The molecule has 0 aromatic carbocycles. The first-order chi connectivity index (χ1) is 8.31. The van der Waals surface area contributed by atoms with Crippen molar-refractivity contribution in [3.8, 4) is 0 Å². The maximum Gasteiger partial charge on any atom is 0.407 e. The van der Waals surface area contributed by atoms with Crippen molar-refractivity contribution in [1.29, 1.82) is 0 Å². The molecule has 0 atom stereocenters.